The zero-order chi connectivity index (χ0) is 12.1. The Morgan fingerprint density at radius 3 is 2.71 bits per heavy atom. The van der Waals surface area contributed by atoms with Crippen LogP contribution in [0.25, 0.3) is 0 Å². The molecule has 0 aromatic carbocycles. The van der Waals surface area contributed by atoms with E-state index in [0.717, 1.165) is 0 Å². The summed E-state index contributed by atoms with van der Waals surface area (Å²) >= 11 is 3.19. The number of hydrogen-bond acceptors (Lipinski definition) is 4. The Kier molecular flexibility index (Phi) is 6.42. The van der Waals surface area contributed by atoms with Crippen LogP contribution in [0.15, 0.2) is 16.7 Å². The summed E-state index contributed by atoms with van der Waals surface area (Å²) in [5, 5.41) is 0. The molecule has 0 saturated carbocycles. The van der Waals surface area contributed by atoms with Crippen LogP contribution in [0.5, 0.6) is 5.88 Å². The van der Waals surface area contributed by atoms with Gasteiger partial charge in [-0.15, -0.1) is 0 Å². The number of pyridine rings is 1. The molecule has 0 aliphatic rings. The Hall–Kier alpha value is -1.43. The lowest BCUT2D eigenvalue weighted by atomic mass is 10.3. The summed E-state index contributed by atoms with van der Waals surface area (Å²) in [6.45, 7) is 1.42. The van der Waals surface area contributed by atoms with Crippen molar-refractivity contribution in [1.82, 2.24) is 4.98 Å². The molecule has 0 N–H and O–H groups in total. The lowest BCUT2D eigenvalue weighted by Crippen LogP contribution is -2.27. The highest BCUT2D eigenvalue weighted by Crippen LogP contribution is 2.26. The molecule has 1 aromatic rings. The van der Waals surface area contributed by atoms with Crippen LogP contribution in [0.4, 0.5) is 5.69 Å². The van der Waals surface area contributed by atoms with Crippen molar-refractivity contribution in [3.63, 3.8) is 0 Å². The molecule has 0 bridgehead atoms. The minimum absolute atomic E-state index is 0. The summed E-state index contributed by atoms with van der Waals surface area (Å²) in [6, 6.07) is 3.34. The number of ether oxygens (including phenoxy) is 1. The van der Waals surface area contributed by atoms with Gasteiger partial charge in [-0.25, -0.2) is 4.98 Å². The number of rotatable bonds is 5. The van der Waals surface area contributed by atoms with Crippen molar-refractivity contribution in [1.29, 1.82) is 0 Å². The van der Waals surface area contributed by atoms with Crippen LogP contribution in [-0.4, -0.2) is 30.8 Å². The molecule has 6 heteroatoms. The Morgan fingerprint density at radius 2 is 2.24 bits per heavy atom. The van der Waals surface area contributed by atoms with Gasteiger partial charge in [0.1, 0.15) is 16.1 Å². The van der Waals surface area contributed by atoms with Gasteiger partial charge in [-0.3, -0.25) is 9.59 Å². The molecule has 0 atom stereocenters. The normalized spacial score (nSPS) is 9.12. The molecule has 17 heavy (non-hydrogen) atoms. The van der Waals surface area contributed by atoms with Gasteiger partial charge in [0.15, 0.2) is 0 Å². The maximum absolute atomic E-state index is 11.0. The smallest absolute Gasteiger partial charge is 0.238 e. The molecule has 0 saturated heterocycles. The monoisotopic (exact) mass is 302 g/mol. The number of Topliss-reactive ketones (excluding diaryl/α,β-unsaturated/α-hetero) is 1. The molecule has 0 aliphatic carbocycles. The highest BCUT2D eigenvalue weighted by atomic mass is 79.9. The van der Waals surface area contributed by atoms with Crippen LogP contribution in [0.2, 0.25) is 0 Å². The third-order valence-corrected chi connectivity index (χ3v) is 2.27. The average Bonchev–Trinajstić information content (AvgIpc) is 2.25. The minimum atomic E-state index is -0.114. The summed E-state index contributed by atoms with van der Waals surface area (Å²) < 4.78 is 5.64. The SMILES string of the molecule is C.COc1nc(Br)ccc1N(C=O)CC(C)=O. The third kappa shape index (κ3) is 4.14. The van der Waals surface area contributed by atoms with Gasteiger partial charge in [-0.2, -0.15) is 0 Å². The summed E-state index contributed by atoms with van der Waals surface area (Å²) in [5.74, 6) is 0.180. The van der Waals surface area contributed by atoms with E-state index < -0.39 is 0 Å². The van der Waals surface area contributed by atoms with Crippen molar-refractivity contribution >= 4 is 33.8 Å². The molecule has 1 heterocycles. The van der Waals surface area contributed by atoms with E-state index in [9.17, 15) is 9.59 Å². The number of amides is 1. The fourth-order valence-electron chi connectivity index (χ4n) is 1.20. The van der Waals surface area contributed by atoms with Gasteiger partial charge in [-0.05, 0) is 35.0 Å². The van der Waals surface area contributed by atoms with E-state index in [1.165, 1.54) is 18.9 Å². The van der Waals surface area contributed by atoms with Crippen molar-refractivity contribution in [2.75, 3.05) is 18.6 Å². The summed E-state index contributed by atoms with van der Waals surface area (Å²) in [4.78, 5) is 27.2. The van der Waals surface area contributed by atoms with Gasteiger partial charge < -0.3 is 9.64 Å². The van der Waals surface area contributed by atoms with Gasteiger partial charge >= 0.3 is 0 Å². The molecule has 5 nitrogen and oxygen atoms in total. The lowest BCUT2D eigenvalue weighted by molar-refractivity contribution is -0.117. The number of carbonyl (C=O) groups excluding carboxylic acids is 2. The van der Waals surface area contributed by atoms with Gasteiger partial charge in [0, 0.05) is 0 Å². The zero-order valence-corrected chi connectivity index (χ0v) is 10.5. The van der Waals surface area contributed by atoms with Gasteiger partial charge in [0.05, 0.1) is 13.7 Å². The molecular weight excluding hydrogens is 288 g/mol. The second kappa shape index (κ2) is 7.01. The van der Waals surface area contributed by atoms with E-state index in [4.69, 9.17) is 4.74 Å². The van der Waals surface area contributed by atoms with E-state index >= 15 is 0 Å². The van der Waals surface area contributed by atoms with Crippen molar-refractivity contribution in [2.45, 2.75) is 14.4 Å². The fraction of sp³-hybridized carbons (Fsp3) is 0.364. The standard InChI is InChI=1S/C10H11BrN2O3.CH4/c1-7(15)5-13(6-14)8-3-4-9(11)12-10(8)16-2;/h3-4,6H,5H2,1-2H3;1H4. The minimum Gasteiger partial charge on any atom is -0.479 e. The first-order valence-electron chi connectivity index (χ1n) is 4.50. The molecular formula is C11H15BrN2O3. The summed E-state index contributed by atoms with van der Waals surface area (Å²) in [6.07, 6.45) is 0.578. The number of ketones is 1. The van der Waals surface area contributed by atoms with Gasteiger partial charge in [0.2, 0.25) is 12.3 Å². The van der Waals surface area contributed by atoms with Crippen LogP contribution in [0.1, 0.15) is 14.4 Å². The first-order chi connectivity index (χ1) is 7.58. The maximum atomic E-state index is 11.0. The second-order valence-corrected chi connectivity index (χ2v) is 3.91. The first-order valence-corrected chi connectivity index (χ1v) is 5.29. The van der Waals surface area contributed by atoms with Crippen LogP contribution in [-0.2, 0) is 9.59 Å². The number of halogens is 1. The van der Waals surface area contributed by atoms with Gasteiger partial charge in [0.25, 0.3) is 0 Å². The second-order valence-electron chi connectivity index (χ2n) is 3.10. The largest absolute Gasteiger partial charge is 0.479 e. The Balaban J connectivity index is 0.00000256. The fourth-order valence-corrected chi connectivity index (χ4v) is 1.49. The van der Waals surface area contributed by atoms with Crippen LogP contribution in [0, 0.1) is 0 Å². The van der Waals surface area contributed by atoms with Crippen molar-refractivity contribution in [2.24, 2.45) is 0 Å². The quantitative estimate of drug-likeness (QED) is 0.617. The molecule has 1 amide bonds. The number of methoxy groups -OCH3 is 1. The summed E-state index contributed by atoms with van der Waals surface area (Å²) in [7, 11) is 1.45. The number of carbonyl (C=O) groups is 2. The number of anilines is 1. The molecule has 1 aromatic heterocycles. The van der Waals surface area contributed by atoms with E-state index in [1.807, 2.05) is 0 Å². The van der Waals surface area contributed by atoms with E-state index in [-0.39, 0.29) is 19.8 Å². The topological polar surface area (TPSA) is 59.5 Å². The lowest BCUT2D eigenvalue weighted by Gasteiger charge is -2.17. The summed E-state index contributed by atoms with van der Waals surface area (Å²) in [5.41, 5.74) is 0.468. The highest BCUT2D eigenvalue weighted by molar-refractivity contribution is 9.10. The predicted molar refractivity (Wildman–Crippen MR) is 69.3 cm³/mol. The molecule has 0 radical (unpaired) electrons. The first kappa shape index (κ1) is 15.6. The van der Waals surface area contributed by atoms with Crippen LogP contribution in [0.3, 0.4) is 0 Å². The molecule has 0 spiro atoms. The van der Waals surface area contributed by atoms with Crippen molar-refractivity contribution < 1.29 is 14.3 Å². The van der Waals surface area contributed by atoms with Crippen molar-refractivity contribution in [3.05, 3.63) is 16.7 Å². The maximum Gasteiger partial charge on any atom is 0.238 e. The number of aromatic nitrogens is 1. The predicted octanol–water partition coefficient (Wildman–Crippen LogP) is 2.04. The molecule has 0 unspecified atom stereocenters. The third-order valence-electron chi connectivity index (χ3n) is 1.83. The van der Waals surface area contributed by atoms with Crippen LogP contribution < -0.4 is 9.64 Å². The van der Waals surface area contributed by atoms with Gasteiger partial charge in [-0.1, -0.05) is 7.43 Å². The van der Waals surface area contributed by atoms with E-state index in [2.05, 4.69) is 20.9 Å². The molecule has 0 aliphatic heterocycles. The molecule has 1 rings (SSSR count). The Labute approximate surface area is 109 Å². The van der Waals surface area contributed by atoms with Crippen molar-refractivity contribution in [3.8, 4) is 5.88 Å². The zero-order valence-electron chi connectivity index (χ0n) is 8.94. The average molecular weight is 303 g/mol. The Bertz CT molecular complexity index is 410. The molecule has 0 fully saturated rings. The number of hydrogen-bond donors (Lipinski definition) is 0. The van der Waals surface area contributed by atoms with Crippen LogP contribution >= 0.6 is 15.9 Å². The highest BCUT2D eigenvalue weighted by Gasteiger charge is 2.14. The Morgan fingerprint density at radius 1 is 1.59 bits per heavy atom. The van der Waals surface area contributed by atoms with E-state index in [1.54, 1.807) is 12.1 Å². The molecule has 94 valence electrons. The number of nitrogens with zero attached hydrogens (tertiary/aromatic N) is 2. The van der Waals surface area contributed by atoms with E-state index in [0.29, 0.717) is 22.6 Å².